The number of carbonyl (C=O) groups excluding carboxylic acids is 2. The maximum Gasteiger partial charge on any atom is 0.258 e. The molecule has 1 N–H and O–H groups in total. The molecule has 2 amide bonds. The number of carbonyl (C=O) groups is 2. The molecule has 0 bridgehead atoms. The number of nitrogens with one attached hydrogen (secondary N) is 1. The molecule has 0 saturated carbocycles. The summed E-state index contributed by atoms with van der Waals surface area (Å²) in [5, 5.41) is 6.84. The molecule has 0 radical (unpaired) electrons. The molecule has 0 spiro atoms. The summed E-state index contributed by atoms with van der Waals surface area (Å²) >= 11 is 0. The van der Waals surface area contributed by atoms with E-state index < -0.39 is 0 Å². The highest BCUT2D eigenvalue weighted by Gasteiger charge is 2.27. The first kappa shape index (κ1) is 18.9. The highest BCUT2D eigenvalue weighted by Crippen LogP contribution is 2.24. The van der Waals surface area contributed by atoms with Crippen molar-refractivity contribution >= 4 is 11.8 Å². The van der Waals surface area contributed by atoms with Gasteiger partial charge in [-0.3, -0.25) is 9.59 Å². The summed E-state index contributed by atoms with van der Waals surface area (Å²) in [6, 6.07) is 8.92. The second-order valence-electron chi connectivity index (χ2n) is 7.12. The van der Waals surface area contributed by atoms with Crippen LogP contribution in [0.2, 0.25) is 0 Å². The standard InChI is InChI=1S/C21H22N4O4/c1-13-16(9-12-28-13)19(26)23-15-7-10-25(11-8-15)21(27)18-6-4-3-5-17(18)20-22-14(2)24-29-20/h3-6,9,12,15H,7-8,10-11H2,1-2H3,(H,23,26). The zero-order valence-electron chi connectivity index (χ0n) is 16.3. The van der Waals surface area contributed by atoms with Crippen LogP contribution in [-0.2, 0) is 0 Å². The van der Waals surface area contributed by atoms with Gasteiger partial charge in [0.25, 0.3) is 17.7 Å². The summed E-state index contributed by atoms with van der Waals surface area (Å²) in [6.45, 7) is 4.62. The van der Waals surface area contributed by atoms with E-state index in [-0.39, 0.29) is 17.9 Å². The summed E-state index contributed by atoms with van der Waals surface area (Å²) in [6.07, 6.45) is 2.89. The lowest BCUT2D eigenvalue weighted by Gasteiger charge is -2.32. The van der Waals surface area contributed by atoms with Crippen LogP contribution in [0.1, 0.15) is 45.1 Å². The molecule has 0 atom stereocenters. The number of aromatic nitrogens is 2. The second kappa shape index (κ2) is 7.90. The lowest BCUT2D eigenvalue weighted by atomic mass is 10.0. The number of likely N-dealkylation sites (tertiary alicyclic amines) is 1. The van der Waals surface area contributed by atoms with E-state index in [1.807, 2.05) is 12.1 Å². The smallest absolute Gasteiger partial charge is 0.258 e. The van der Waals surface area contributed by atoms with Crippen LogP contribution in [0.25, 0.3) is 11.5 Å². The van der Waals surface area contributed by atoms with Gasteiger partial charge in [-0.25, -0.2) is 0 Å². The van der Waals surface area contributed by atoms with Gasteiger partial charge < -0.3 is 19.2 Å². The van der Waals surface area contributed by atoms with Gasteiger partial charge in [0.2, 0.25) is 0 Å². The Morgan fingerprint density at radius 2 is 1.86 bits per heavy atom. The van der Waals surface area contributed by atoms with Gasteiger partial charge in [0.1, 0.15) is 5.76 Å². The summed E-state index contributed by atoms with van der Waals surface area (Å²) in [4.78, 5) is 31.5. The Bertz CT molecular complexity index is 1030. The van der Waals surface area contributed by atoms with Gasteiger partial charge in [0.05, 0.1) is 23.0 Å². The third-order valence-corrected chi connectivity index (χ3v) is 5.14. The average Bonchev–Trinajstić information content (AvgIpc) is 3.36. The van der Waals surface area contributed by atoms with Crippen molar-refractivity contribution in [3.8, 4) is 11.5 Å². The molecule has 2 aromatic heterocycles. The lowest BCUT2D eigenvalue weighted by Crippen LogP contribution is -2.46. The van der Waals surface area contributed by atoms with Crippen molar-refractivity contribution in [3.63, 3.8) is 0 Å². The second-order valence-corrected chi connectivity index (χ2v) is 7.12. The van der Waals surface area contributed by atoms with Crippen molar-refractivity contribution in [2.24, 2.45) is 0 Å². The van der Waals surface area contributed by atoms with E-state index >= 15 is 0 Å². The fraction of sp³-hybridized carbons (Fsp3) is 0.333. The van der Waals surface area contributed by atoms with E-state index in [1.54, 1.807) is 36.9 Å². The molecule has 3 heterocycles. The van der Waals surface area contributed by atoms with E-state index in [4.69, 9.17) is 8.94 Å². The van der Waals surface area contributed by atoms with Crippen LogP contribution in [0.5, 0.6) is 0 Å². The Labute approximate surface area is 167 Å². The van der Waals surface area contributed by atoms with Crippen LogP contribution in [0.3, 0.4) is 0 Å². The molecule has 1 aliphatic rings. The number of piperidine rings is 1. The van der Waals surface area contributed by atoms with E-state index in [0.29, 0.717) is 60.1 Å². The van der Waals surface area contributed by atoms with Gasteiger partial charge in [0.15, 0.2) is 5.82 Å². The SMILES string of the molecule is Cc1noc(-c2ccccc2C(=O)N2CCC(NC(=O)c3ccoc3C)CC2)n1. The van der Waals surface area contributed by atoms with Gasteiger partial charge in [-0.05, 0) is 44.9 Å². The molecule has 1 aliphatic heterocycles. The number of aryl methyl sites for hydroxylation is 2. The van der Waals surface area contributed by atoms with Gasteiger partial charge in [-0.2, -0.15) is 4.98 Å². The van der Waals surface area contributed by atoms with Crippen LogP contribution in [0.4, 0.5) is 0 Å². The molecule has 8 heteroatoms. The number of hydrogen-bond acceptors (Lipinski definition) is 6. The minimum Gasteiger partial charge on any atom is -0.469 e. The number of benzene rings is 1. The van der Waals surface area contributed by atoms with Crippen molar-refractivity contribution < 1.29 is 18.5 Å². The Kier molecular flexibility index (Phi) is 5.16. The van der Waals surface area contributed by atoms with Crippen molar-refractivity contribution in [3.05, 3.63) is 59.3 Å². The fourth-order valence-corrected chi connectivity index (χ4v) is 3.54. The summed E-state index contributed by atoms with van der Waals surface area (Å²) < 4.78 is 10.4. The maximum absolute atomic E-state index is 13.1. The van der Waals surface area contributed by atoms with E-state index in [9.17, 15) is 9.59 Å². The van der Waals surface area contributed by atoms with Gasteiger partial charge in [-0.15, -0.1) is 0 Å². The minimum atomic E-state index is -0.141. The normalized spacial score (nSPS) is 14.8. The average molecular weight is 394 g/mol. The van der Waals surface area contributed by atoms with Crippen LogP contribution < -0.4 is 5.32 Å². The number of rotatable bonds is 4. The first-order chi connectivity index (χ1) is 14.0. The van der Waals surface area contributed by atoms with Crippen LogP contribution in [-0.4, -0.2) is 46.0 Å². The molecule has 1 saturated heterocycles. The van der Waals surface area contributed by atoms with Gasteiger partial charge in [-0.1, -0.05) is 17.3 Å². The molecule has 0 aliphatic carbocycles. The number of nitrogens with zero attached hydrogens (tertiary/aromatic N) is 3. The number of hydrogen-bond donors (Lipinski definition) is 1. The van der Waals surface area contributed by atoms with Crippen LogP contribution in [0.15, 0.2) is 45.5 Å². The summed E-state index contributed by atoms with van der Waals surface area (Å²) in [5.41, 5.74) is 1.71. The molecule has 1 fully saturated rings. The molecular weight excluding hydrogens is 372 g/mol. The van der Waals surface area contributed by atoms with E-state index in [2.05, 4.69) is 15.5 Å². The first-order valence-electron chi connectivity index (χ1n) is 9.57. The van der Waals surface area contributed by atoms with Gasteiger partial charge >= 0.3 is 0 Å². The van der Waals surface area contributed by atoms with E-state index in [0.717, 1.165) is 0 Å². The Hall–Kier alpha value is -3.42. The summed E-state index contributed by atoms with van der Waals surface area (Å²) in [7, 11) is 0. The highest BCUT2D eigenvalue weighted by atomic mass is 16.5. The molecule has 150 valence electrons. The summed E-state index contributed by atoms with van der Waals surface area (Å²) in [5.74, 6) is 1.24. The largest absolute Gasteiger partial charge is 0.469 e. The molecule has 0 unspecified atom stereocenters. The minimum absolute atomic E-state index is 0.0229. The van der Waals surface area contributed by atoms with Crippen molar-refractivity contribution in [1.29, 1.82) is 0 Å². The third-order valence-electron chi connectivity index (χ3n) is 5.14. The van der Waals surface area contributed by atoms with Gasteiger partial charge in [0, 0.05) is 19.1 Å². The quantitative estimate of drug-likeness (QED) is 0.730. The Morgan fingerprint density at radius 3 is 2.52 bits per heavy atom. The zero-order valence-corrected chi connectivity index (χ0v) is 16.3. The zero-order chi connectivity index (χ0) is 20.4. The molecule has 3 aromatic rings. The number of amides is 2. The Balaban J connectivity index is 1.41. The molecule has 8 nitrogen and oxygen atoms in total. The maximum atomic E-state index is 13.1. The monoisotopic (exact) mass is 394 g/mol. The first-order valence-corrected chi connectivity index (χ1v) is 9.57. The Morgan fingerprint density at radius 1 is 1.10 bits per heavy atom. The van der Waals surface area contributed by atoms with E-state index in [1.165, 1.54) is 6.26 Å². The predicted octanol–water partition coefficient (Wildman–Crippen LogP) is 2.98. The lowest BCUT2D eigenvalue weighted by molar-refractivity contribution is 0.0698. The predicted molar refractivity (Wildman–Crippen MR) is 104 cm³/mol. The third kappa shape index (κ3) is 3.91. The topological polar surface area (TPSA) is 101 Å². The molecule has 4 rings (SSSR count). The fourth-order valence-electron chi connectivity index (χ4n) is 3.54. The van der Waals surface area contributed by atoms with Crippen molar-refractivity contribution in [2.45, 2.75) is 32.7 Å². The number of furan rings is 1. The molecule has 1 aromatic carbocycles. The van der Waals surface area contributed by atoms with Crippen LogP contribution >= 0.6 is 0 Å². The molecular formula is C21H22N4O4. The van der Waals surface area contributed by atoms with Crippen LogP contribution in [0, 0.1) is 13.8 Å². The highest BCUT2D eigenvalue weighted by molar-refractivity contribution is 6.00. The van der Waals surface area contributed by atoms with Crippen molar-refractivity contribution in [1.82, 2.24) is 20.4 Å². The molecule has 29 heavy (non-hydrogen) atoms. The van der Waals surface area contributed by atoms with Crippen molar-refractivity contribution in [2.75, 3.05) is 13.1 Å².